The summed E-state index contributed by atoms with van der Waals surface area (Å²) in [5, 5.41) is 3.58. The average Bonchev–Trinajstić information content (AvgIpc) is 3.06. The monoisotopic (exact) mass is 421 g/mol. The van der Waals surface area contributed by atoms with E-state index < -0.39 is 20.0 Å². The van der Waals surface area contributed by atoms with Crippen molar-refractivity contribution in [3.63, 3.8) is 0 Å². The zero-order valence-electron chi connectivity index (χ0n) is 15.2. The molecule has 148 valence electrons. The van der Waals surface area contributed by atoms with Crippen molar-refractivity contribution < 1.29 is 21.4 Å². The van der Waals surface area contributed by atoms with Crippen LogP contribution < -0.4 is 9.44 Å². The molecular formula is C18H19N3O5S2. The van der Waals surface area contributed by atoms with E-state index in [1.807, 2.05) is 6.92 Å². The normalized spacial score (nSPS) is 11.9. The van der Waals surface area contributed by atoms with Crippen LogP contribution in [0, 0.1) is 6.92 Å². The highest BCUT2D eigenvalue weighted by molar-refractivity contribution is 7.93. The van der Waals surface area contributed by atoms with E-state index >= 15 is 0 Å². The lowest BCUT2D eigenvalue weighted by atomic mass is 10.2. The van der Waals surface area contributed by atoms with Crippen molar-refractivity contribution in [1.82, 2.24) is 5.16 Å². The first-order valence-corrected chi connectivity index (χ1v) is 11.3. The average molecular weight is 422 g/mol. The van der Waals surface area contributed by atoms with Crippen LogP contribution in [0.15, 0.2) is 68.9 Å². The molecule has 0 unspecified atom stereocenters. The van der Waals surface area contributed by atoms with E-state index in [2.05, 4.69) is 14.6 Å². The smallest absolute Gasteiger partial charge is 0.263 e. The van der Waals surface area contributed by atoms with Crippen molar-refractivity contribution in [2.75, 3.05) is 9.44 Å². The molecule has 3 rings (SSSR count). The Kier molecular flexibility index (Phi) is 5.43. The SMILES string of the molecule is CCc1ccc(S(=O)(=O)Nc2ccc(S(=O)(=O)Nc3cc(C)on3)cc2)cc1. The maximum atomic E-state index is 12.5. The van der Waals surface area contributed by atoms with Crippen molar-refractivity contribution in [3.8, 4) is 0 Å². The molecule has 10 heteroatoms. The number of sulfonamides is 2. The maximum Gasteiger partial charge on any atom is 0.263 e. The molecule has 0 aliphatic rings. The number of benzene rings is 2. The van der Waals surface area contributed by atoms with Crippen LogP contribution in [0.5, 0.6) is 0 Å². The van der Waals surface area contributed by atoms with Crippen LogP contribution in [-0.4, -0.2) is 22.0 Å². The van der Waals surface area contributed by atoms with Gasteiger partial charge in [0, 0.05) is 11.8 Å². The molecule has 8 nitrogen and oxygen atoms in total. The lowest BCUT2D eigenvalue weighted by molar-refractivity contribution is 0.400. The summed E-state index contributed by atoms with van der Waals surface area (Å²) in [6, 6.07) is 13.4. The molecule has 0 aliphatic heterocycles. The number of hydrogen-bond donors (Lipinski definition) is 2. The maximum absolute atomic E-state index is 12.5. The first-order chi connectivity index (χ1) is 13.2. The lowest BCUT2D eigenvalue weighted by Gasteiger charge is -2.10. The summed E-state index contributed by atoms with van der Waals surface area (Å²) < 4.78 is 59.2. The summed E-state index contributed by atoms with van der Waals surface area (Å²) in [6.07, 6.45) is 0.811. The molecule has 1 heterocycles. The highest BCUT2D eigenvalue weighted by atomic mass is 32.2. The van der Waals surface area contributed by atoms with Crippen molar-refractivity contribution in [1.29, 1.82) is 0 Å². The lowest BCUT2D eigenvalue weighted by Crippen LogP contribution is -2.14. The summed E-state index contributed by atoms with van der Waals surface area (Å²) in [5.41, 5.74) is 1.28. The molecule has 0 atom stereocenters. The largest absolute Gasteiger partial charge is 0.360 e. The first kappa shape index (κ1) is 19.9. The van der Waals surface area contributed by atoms with Gasteiger partial charge < -0.3 is 4.52 Å². The Balaban J connectivity index is 1.76. The fraction of sp³-hybridized carbons (Fsp3) is 0.167. The predicted molar refractivity (Wildman–Crippen MR) is 105 cm³/mol. The topological polar surface area (TPSA) is 118 Å². The second kappa shape index (κ2) is 7.64. The van der Waals surface area contributed by atoms with Gasteiger partial charge in [0.25, 0.3) is 20.0 Å². The van der Waals surface area contributed by atoms with Crippen LogP contribution in [0.1, 0.15) is 18.2 Å². The standard InChI is InChI=1S/C18H19N3O5S2/c1-3-14-4-8-16(9-5-14)27(22,23)20-15-6-10-17(11-7-15)28(24,25)21-18-12-13(2)26-19-18/h4-12,20H,3H2,1-2H3,(H,19,21). The molecule has 28 heavy (non-hydrogen) atoms. The Morgan fingerprint density at radius 1 is 0.857 bits per heavy atom. The summed E-state index contributed by atoms with van der Waals surface area (Å²) in [6.45, 7) is 3.62. The van der Waals surface area contributed by atoms with Gasteiger partial charge >= 0.3 is 0 Å². The summed E-state index contributed by atoms with van der Waals surface area (Å²) >= 11 is 0. The van der Waals surface area contributed by atoms with E-state index in [4.69, 9.17) is 4.52 Å². The third kappa shape index (κ3) is 4.52. The van der Waals surface area contributed by atoms with Crippen molar-refractivity contribution in [3.05, 3.63) is 65.9 Å². The van der Waals surface area contributed by atoms with Gasteiger partial charge in [-0.25, -0.2) is 16.8 Å². The fourth-order valence-electron chi connectivity index (χ4n) is 2.43. The van der Waals surface area contributed by atoms with E-state index in [9.17, 15) is 16.8 Å². The van der Waals surface area contributed by atoms with E-state index in [1.54, 1.807) is 19.1 Å². The Morgan fingerprint density at radius 2 is 1.39 bits per heavy atom. The molecule has 1 aromatic heterocycles. The Labute approximate surface area is 163 Å². The van der Waals surface area contributed by atoms with Crippen molar-refractivity contribution in [2.24, 2.45) is 0 Å². The third-order valence-corrected chi connectivity index (χ3v) is 6.69. The highest BCUT2D eigenvalue weighted by Gasteiger charge is 2.18. The fourth-order valence-corrected chi connectivity index (χ4v) is 4.47. The van der Waals surface area contributed by atoms with Crippen LogP contribution in [0.3, 0.4) is 0 Å². The molecule has 0 amide bonds. The number of rotatable bonds is 7. The van der Waals surface area contributed by atoms with Crippen LogP contribution in [0.2, 0.25) is 0 Å². The van der Waals surface area contributed by atoms with Crippen LogP contribution >= 0.6 is 0 Å². The van der Waals surface area contributed by atoms with E-state index in [0.29, 0.717) is 5.76 Å². The minimum Gasteiger partial charge on any atom is -0.360 e. The summed E-state index contributed by atoms with van der Waals surface area (Å²) in [4.78, 5) is 0.0906. The second-order valence-electron chi connectivity index (χ2n) is 6.06. The highest BCUT2D eigenvalue weighted by Crippen LogP contribution is 2.21. The van der Waals surface area contributed by atoms with Crippen LogP contribution in [0.4, 0.5) is 11.5 Å². The quantitative estimate of drug-likeness (QED) is 0.605. The molecule has 0 bridgehead atoms. The molecule has 0 fully saturated rings. The first-order valence-electron chi connectivity index (χ1n) is 8.37. The molecule has 0 aliphatic carbocycles. The minimum absolute atomic E-state index is 0.0385. The molecular weight excluding hydrogens is 402 g/mol. The number of anilines is 2. The third-order valence-electron chi connectivity index (χ3n) is 3.93. The van der Waals surface area contributed by atoms with Crippen LogP contribution in [0.25, 0.3) is 0 Å². The van der Waals surface area contributed by atoms with Gasteiger partial charge in [-0.2, -0.15) is 0 Å². The number of aryl methyl sites for hydroxylation is 2. The van der Waals surface area contributed by atoms with Gasteiger partial charge in [-0.05, 0) is 55.3 Å². The molecule has 0 spiro atoms. The van der Waals surface area contributed by atoms with Crippen molar-refractivity contribution in [2.45, 2.75) is 30.1 Å². The van der Waals surface area contributed by atoms with Gasteiger partial charge in [-0.15, -0.1) is 0 Å². The van der Waals surface area contributed by atoms with E-state index in [-0.39, 0.29) is 21.3 Å². The molecule has 2 N–H and O–H groups in total. The number of nitrogens with zero attached hydrogens (tertiary/aromatic N) is 1. The zero-order valence-corrected chi connectivity index (χ0v) is 16.8. The van der Waals surface area contributed by atoms with Crippen LogP contribution in [-0.2, 0) is 26.5 Å². The minimum atomic E-state index is -3.87. The predicted octanol–water partition coefficient (Wildman–Crippen LogP) is 3.15. The van der Waals surface area contributed by atoms with Gasteiger partial charge in [0.2, 0.25) is 0 Å². The van der Waals surface area contributed by atoms with Gasteiger partial charge in [0.15, 0.2) is 5.82 Å². The molecule has 2 aromatic carbocycles. The van der Waals surface area contributed by atoms with Gasteiger partial charge in [-0.3, -0.25) is 9.44 Å². The van der Waals surface area contributed by atoms with E-state index in [0.717, 1.165) is 12.0 Å². The summed E-state index contributed by atoms with van der Waals surface area (Å²) in [5.74, 6) is 0.534. The Bertz CT molecular complexity index is 1170. The van der Waals surface area contributed by atoms with Gasteiger partial charge in [-0.1, -0.05) is 24.2 Å². The number of hydrogen-bond acceptors (Lipinski definition) is 6. The summed E-state index contributed by atoms with van der Waals surface area (Å²) in [7, 11) is -7.64. The Hall–Kier alpha value is -2.85. The molecule has 0 radical (unpaired) electrons. The number of aromatic nitrogens is 1. The second-order valence-corrected chi connectivity index (χ2v) is 9.42. The van der Waals surface area contributed by atoms with E-state index in [1.165, 1.54) is 42.5 Å². The molecule has 0 saturated carbocycles. The van der Waals surface area contributed by atoms with Crippen molar-refractivity contribution >= 4 is 31.6 Å². The van der Waals surface area contributed by atoms with Gasteiger partial charge in [0.05, 0.1) is 9.79 Å². The number of nitrogens with one attached hydrogen (secondary N) is 2. The molecule has 3 aromatic rings. The molecule has 0 saturated heterocycles. The Morgan fingerprint density at radius 3 is 1.89 bits per heavy atom. The zero-order chi connectivity index (χ0) is 20.4. The van der Waals surface area contributed by atoms with Gasteiger partial charge in [0.1, 0.15) is 5.76 Å².